The average molecular weight is 256 g/mol. The molecule has 7 N–H and O–H groups in total. The van der Waals surface area contributed by atoms with Gasteiger partial charge in [0.15, 0.2) is 0 Å². The summed E-state index contributed by atoms with van der Waals surface area (Å²) < 4.78 is 0. The SMILES string of the molecule is [OH-].[OH-].[OH-].[OH-].[OH-].[OH-].[OH-].[Ti+4].[Y+3]. The first kappa shape index (κ1) is 405. The molecule has 0 atom stereocenters. The molecule has 0 amide bonds. The number of hydrogen-bond donors (Lipinski definition) is 0. The van der Waals surface area contributed by atoms with Crippen molar-refractivity contribution in [3.8, 4) is 0 Å². The Morgan fingerprint density at radius 3 is 0.333 bits per heavy atom. The molecule has 0 aromatic carbocycles. The van der Waals surface area contributed by atoms with E-state index in [0.717, 1.165) is 0 Å². The van der Waals surface area contributed by atoms with Gasteiger partial charge in [-0.05, 0) is 0 Å². The van der Waals surface area contributed by atoms with Gasteiger partial charge in [0.2, 0.25) is 0 Å². The number of hydrogen-bond acceptors (Lipinski definition) is 7. The molecule has 7 nitrogen and oxygen atoms in total. The molecule has 0 aliphatic heterocycles. The molecule has 0 bridgehead atoms. The summed E-state index contributed by atoms with van der Waals surface area (Å²) in [6.45, 7) is 0. The summed E-state index contributed by atoms with van der Waals surface area (Å²) in [5.41, 5.74) is 0. The van der Waals surface area contributed by atoms with Gasteiger partial charge in [0, 0.05) is 0 Å². The third kappa shape index (κ3) is 229. The second-order valence-corrected chi connectivity index (χ2v) is 0. The molecule has 0 aromatic rings. The van der Waals surface area contributed by atoms with E-state index in [0.29, 0.717) is 0 Å². The van der Waals surface area contributed by atoms with Gasteiger partial charge in [0.25, 0.3) is 0 Å². The largest absolute Gasteiger partial charge is 4.00 e. The van der Waals surface area contributed by atoms with E-state index in [1.54, 1.807) is 0 Å². The molecule has 0 saturated heterocycles. The van der Waals surface area contributed by atoms with E-state index >= 15 is 0 Å². The molecular formula is H7O7TiY. The van der Waals surface area contributed by atoms with Crippen molar-refractivity contribution < 1.29 is 92.8 Å². The summed E-state index contributed by atoms with van der Waals surface area (Å²) in [6.07, 6.45) is 0. The predicted molar refractivity (Wildman–Crippen MR) is 13.6 cm³/mol. The van der Waals surface area contributed by atoms with Crippen LogP contribution >= 0.6 is 0 Å². The maximum Gasteiger partial charge on any atom is 4.00 e. The molecule has 0 fully saturated rings. The first-order valence-corrected chi connectivity index (χ1v) is 0. The summed E-state index contributed by atoms with van der Waals surface area (Å²) in [7, 11) is 0. The Hall–Kier alpha value is 1.54. The van der Waals surface area contributed by atoms with Crippen LogP contribution in [0.15, 0.2) is 0 Å². The third-order valence-corrected chi connectivity index (χ3v) is 0. The summed E-state index contributed by atoms with van der Waals surface area (Å²) >= 11 is 0. The van der Waals surface area contributed by atoms with Gasteiger partial charge in [-0.3, -0.25) is 0 Å². The summed E-state index contributed by atoms with van der Waals surface area (Å²) in [6, 6.07) is 0. The van der Waals surface area contributed by atoms with Gasteiger partial charge in [-0.15, -0.1) is 0 Å². The van der Waals surface area contributed by atoms with E-state index in [-0.39, 0.29) is 92.8 Å². The Morgan fingerprint density at radius 2 is 0.333 bits per heavy atom. The fourth-order valence-electron chi connectivity index (χ4n) is 0. The second-order valence-electron chi connectivity index (χ2n) is 0. The first-order chi connectivity index (χ1) is 0. The monoisotopic (exact) mass is 256 g/mol. The van der Waals surface area contributed by atoms with Gasteiger partial charge in [-0.25, -0.2) is 0 Å². The van der Waals surface area contributed by atoms with Gasteiger partial charge in [0.1, 0.15) is 0 Å². The Balaban J connectivity index is 0. The Kier molecular flexibility index (Phi) is 13200. The van der Waals surface area contributed by atoms with Crippen molar-refractivity contribution in [3.05, 3.63) is 0 Å². The van der Waals surface area contributed by atoms with Crippen LogP contribution < -0.4 is 0 Å². The van der Waals surface area contributed by atoms with E-state index in [1.807, 2.05) is 0 Å². The van der Waals surface area contributed by atoms with Crippen molar-refractivity contribution in [2.45, 2.75) is 0 Å². The summed E-state index contributed by atoms with van der Waals surface area (Å²) in [4.78, 5) is 0. The van der Waals surface area contributed by atoms with Crippen LogP contribution in [-0.2, 0) is 54.4 Å². The molecule has 9 heavy (non-hydrogen) atoms. The third-order valence-electron chi connectivity index (χ3n) is 0. The normalized spacial score (nSPS) is 0. The Bertz CT molecular complexity index is 8.88. The zero-order valence-corrected chi connectivity index (χ0v) is 8.61. The fourth-order valence-corrected chi connectivity index (χ4v) is 0. The minimum atomic E-state index is 0. The first-order valence-electron chi connectivity index (χ1n) is 0. The summed E-state index contributed by atoms with van der Waals surface area (Å²) in [5, 5.41) is 0. The van der Waals surface area contributed by atoms with Crippen molar-refractivity contribution in [2.24, 2.45) is 0 Å². The van der Waals surface area contributed by atoms with Crippen LogP contribution in [0.4, 0.5) is 0 Å². The zero-order chi connectivity index (χ0) is 0. The molecule has 0 rings (SSSR count). The van der Waals surface area contributed by atoms with Crippen LogP contribution in [0.5, 0.6) is 0 Å². The smallest absolute Gasteiger partial charge is 0.870 e. The molecule has 0 spiro atoms. The van der Waals surface area contributed by atoms with Crippen LogP contribution in [0.3, 0.4) is 0 Å². The van der Waals surface area contributed by atoms with Gasteiger partial charge in [-0.2, -0.15) is 0 Å². The van der Waals surface area contributed by atoms with Crippen LogP contribution in [0.1, 0.15) is 0 Å². The molecule has 0 aliphatic carbocycles. The number of rotatable bonds is 0. The standard InChI is InChI=1S/7H2O.Ti.Y/h7*1H2;;/q;;;;;;;+4;+3/p-7. The Morgan fingerprint density at radius 1 is 0.333 bits per heavy atom. The molecule has 0 radical (unpaired) electrons. The molecule has 0 saturated carbocycles. The second kappa shape index (κ2) is 294. The van der Waals surface area contributed by atoms with E-state index in [1.165, 1.54) is 0 Å². The van der Waals surface area contributed by atoms with Gasteiger partial charge < -0.3 is 38.3 Å². The molecule has 56 valence electrons. The molecular weight excluding hydrogens is 249 g/mol. The van der Waals surface area contributed by atoms with Gasteiger partial charge >= 0.3 is 54.4 Å². The van der Waals surface area contributed by atoms with E-state index in [9.17, 15) is 0 Å². The van der Waals surface area contributed by atoms with Crippen LogP contribution in [0.25, 0.3) is 0 Å². The van der Waals surface area contributed by atoms with Crippen LogP contribution in [0, 0.1) is 0 Å². The van der Waals surface area contributed by atoms with Crippen molar-refractivity contribution in [3.63, 3.8) is 0 Å². The van der Waals surface area contributed by atoms with Crippen molar-refractivity contribution in [2.75, 3.05) is 0 Å². The molecule has 9 heteroatoms. The van der Waals surface area contributed by atoms with Gasteiger partial charge in [0.05, 0.1) is 0 Å². The maximum absolute atomic E-state index is 0. The van der Waals surface area contributed by atoms with E-state index < -0.39 is 0 Å². The average Bonchev–Trinajstić information content (AvgIpc) is 0. The fraction of sp³-hybridized carbons (Fsp3) is 0. The minimum absolute atomic E-state index is 0. The summed E-state index contributed by atoms with van der Waals surface area (Å²) in [5.74, 6) is 0. The Labute approximate surface area is 92.1 Å². The van der Waals surface area contributed by atoms with Gasteiger partial charge in [-0.1, -0.05) is 0 Å². The minimum Gasteiger partial charge on any atom is -0.870 e. The topological polar surface area (TPSA) is 210 Å². The molecule has 0 heterocycles. The molecule has 0 aromatic heterocycles. The zero-order valence-electron chi connectivity index (χ0n) is 4.21. The molecule has 0 aliphatic rings. The van der Waals surface area contributed by atoms with Crippen molar-refractivity contribution in [1.82, 2.24) is 0 Å². The van der Waals surface area contributed by atoms with Crippen molar-refractivity contribution in [1.29, 1.82) is 0 Å². The molecule has 0 unspecified atom stereocenters. The van der Waals surface area contributed by atoms with Crippen LogP contribution in [0.2, 0.25) is 0 Å². The van der Waals surface area contributed by atoms with Crippen molar-refractivity contribution >= 4 is 0 Å². The quantitative estimate of drug-likeness (QED) is 0.479. The maximum atomic E-state index is 0. The van der Waals surface area contributed by atoms with Crippen LogP contribution in [-0.4, -0.2) is 38.3 Å². The predicted octanol–water partition coefficient (Wildman–Crippen LogP) is -1.24. The van der Waals surface area contributed by atoms with E-state index in [4.69, 9.17) is 0 Å². The van der Waals surface area contributed by atoms with E-state index in [2.05, 4.69) is 0 Å².